The minimum Gasteiger partial charge on any atom is -0.375 e. The maximum Gasteiger partial charge on any atom is 0.193 e. The summed E-state index contributed by atoms with van der Waals surface area (Å²) in [6, 6.07) is 12.9. The van der Waals surface area contributed by atoms with E-state index in [1.807, 2.05) is 13.2 Å². The highest BCUT2D eigenvalue weighted by molar-refractivity contribution is 14.0. The van der Waals surface area contributed by atoms with Crippen LogP contribution in [0.25, 0.3) is 0 Å². The summed E-state index contributed by atoms with van der Waals surface area (Å²) >= 11 is 1.76. The quantitative estimate of drug-likeness (QED) is 0.260. The van der Waals surface area contributed by atoms with Crippen molar-refractivity contribution in [1.29, 1.82) is 0 Å². The molecule has 1 aromatic carbocycles. The van der Waals surface area contributed by atoms with Crippen molar-refractivity contribution in [2.75, 3.05) is 44.9 Å². The number of hydrogen-bond acceptors (Lipinski definition) is 5. The number of aromatic nitrogens is 1. The Labute approximate surface area is 201 Å². The lowest BCUT2D eigenvalue weighted by Crippen LogP contribution is -2.41. The predicted molar refractivity (Wildman–Crippen MR) is 137 cm³/mol. The van der Waals surface area contributed by atoms with Crippen LogP contribution in [0.4, 0.5) is 5.82 Å². The van der Waals surface area contributed by atoms with E-state index >= 15 is 0 Å². The first-order valence-corrected chi connectivity index (χ1v) is 11.2. The summed E-state index contributed by atoms with van der Waals surface area (Å²) < 4.78 is 5.64. The van der Waals surface area contributed by atoms with Crippen molar-refractivity contribution in [2.24, 2.45) is 4.99 Å². The Balaban J connectivity index is 0.00000320. The molecule has 1 saturated heterocycles. The van der Waals surface area contributed by atoms with E-state index in [1.54, 1.807) is 11.8 Å². The summed E-state index contributed by atoms with van der Waals surface area (Å²) in [5.41, 5.74) is 2.45. The Morgan fingerprint density at radius 1 is 1.30 bits per heavy atom. The van der Waals surface area contributed by atoms with Gasteiger partial charge in [0.1, 0.15) is 5.82 Å². The lowest BCUT2D eigenvalue weighted by Gasteiger charge is -2.32. The van der Waals surface area contributed by atoms with Gasteiger partial charge in [-0.3, -0.25) is 4.99 Å². The van der Waals surface area contributed by atoms with Crippen LogP contribution in [0.5, 0.6) is 0 Å². The van der Waals surface area contributed by atoms with Gasteiger partial charge in [-0.05, 0) is 48.6 Å². The molecule has 0 amide bonds. The molecule has 164 valence electrons. The van der Waals surface area contributed by atoms with Crippen LogP contribution in [0.1, 0.15) is 18.1 Å². The van der Waals surface area contributed by atoms with Crippen molar-refractivity contribution in [3.63, 3.8) is 0 Å². The minimum atomic E-state index is 0. The Hall–Kier alpha value is -1.52. The summed E-state index contributed by atoms with van der Waals surface area (Å²) in [4.78, 5) is 14.7. The van der Waals surface area contributed by atoms with Crippen molar-refractivity contribution in [3.8, 4) is 0 Å². The van der Waals surface area contributed by atoms with E-state index in [4.69, 9.17) is 4.74 Å². The van der Waals surface area contributed by atoms with Crippen LogP contribution in [0.3, 0.4) is 0 Å². The van der Waals surface area contributed by atoms with Gasteiger partial charge in [-0.2, -0.15) is 0 Å². The van der Waals surface area contributed by atoms with E-state index in [0.29, 0.717) is 6.54 Å². The fourth-order valence-electron chi connectivity index (χ4n) is 3.42. The zero-order chi connectivity index (χ0) is 20.6. The van der Waals surface area contributed by atoms with Crippen molar-refractivity contribution in [2.45, 2.75) is 31.0 Å². The van der Waals surface area contributed by atoms with Gasteiger partial charge in [0.05, 0.1) is 12.7 Å². The number of thioether (sulfide) groups is 1. The third-order valence-corrected chi connectivity index (χ3v) is 5.72. The van der Waals surface area contributed by atoms with Gasteiger partial charge in [-0.15, -0.1) is 35.7 Å². The molecular weight excluding hydrogens is 509 g/mol. The monoisotopic (exact) mass is 541 g/mol. The molecule has 0 bridgehead atoms. The molecule has 2 aromatic rings. The molecule has 0 radical (unpaired) electrons. The van der Waals surface area contributed by atoms with E-state index in [0.717, 1.165) is 38.0 Å². The summed E-state index contributed by atoms with van der Waals surface area (Å²) in [6.07, 6.45) is 4.22. The molecule has 1 aliphatic heterocycles. The second kappa shape index (κ2) is 12.4. The number of aliphatic imine (C=N–C) groups is 1. The second-order valence-corrected chi connectivity index (χ2v) is 8.13. The number of benzene rings is 1. The number of nitrogens with one attached hydrogen (secondary N) is 1. The Bertz CT molecular complexity index is 817. The van der Waals surface area contributed by atoms with E-state index in [1.165, 1.54) is 16.0 Å². The molecular formula is C22H32IN5OS. The first-order valence-electron chi connectivity index (χ1n) is 9.95. The Kier molecular flexibility index (Phi) is 10.2. The zero-order valence-corrected chi connectivity index (χ0v) is 21.3. The topological polar surface area (TPSA) is 53.0 Å². The van der Waals surface area contributed by atoms with Crippen molar-refractivity contribution in [3.05, 3.63) is 53.7 Å². The zero-order valence-electron chi connectivity index (χ0n) is 18.2. The molecule has 1 unspecified atom stereocenters. The average Bonchev–Trinajstić information content (AvgIpc) is 2.75. The number of pyridine rings is 1. The third kappa shape index (κ3) is 7.02. The molecule has 0 aliphatic carbocycles. The maximum atomic E-state index is 5.64. The summed E-state index contributed by atoms with van der Waals surface area (Å²) in [5.74, 6) is 1.88. The fraction of sp³-hybridized carbons (Fsp3) is 0.455. The normalized spacial score (nSPS) is 16.7. The summed E-state index contributed by atoms with van der Waals surface area (Å²) in [6.45, 7) is 6.13. The Morgan fingerprint density at radius 3 is 2.73 bits per heavy atom. The van der Waals surface area contributed by atoms with Crippen LogP contribution in [0.2, 0.25) is 0 Å². The number of nitrogens with zero attached hydrogens (tertiary/aromatic N) is 4. The van der Waals surface area contributed by atoms with Gasteiger partial charge >= 0.3 is 0 Å². The SMILES string of the molecule is CN=C(NCc1ccnc(N2CCOC(C)C2)c1)N(C)Cc1ccc(SC)cc1.I. The first-order chi connectivity index (χ1) is 14.1. The molecule has 3 rings (SSSR count). The summed E-state index contributed by atoms with van der Waals surface area (Å²) in [7, 11) is 3.88. The van der Waals surface area contributed by atoms with Gasteiger partial charge in [0.25, 0.3) is 0 Å². The number of anilines is 1. The van der Waals surface area contributed by atoms with E-state index in [2.05, 4.69) is 81.7 Å². The Morgan fingerprint density at radius 2 is 2.07 bits per heavy atom. The van der Waals surface area contributed by atoms with Crippen LogP contribution in [0, 0.1) is 0 Å². The highest BCUT2D eigenvalue weighted by Gasteiger charge is 2.18. The number of guanidine groups is 1. The summed E-state index contributed by atoms with van der Waals surface area (Å²) in [5, 5.41) is 3.47. The van der Waals surface area contributed by atoms with Gasteiger partial charge in [-0.1, -0.05) is 12.1 Å². The number of rotatable bonds is 6. The molecule has 30 heavy (non-hydrogen) atoms. The maximum absolute atomic E-state index is 5.64. The van der Waals surface area contributed by atoms with E-state index < -0.39 is 0 Å². The molecule has 2 heterocycles. The van der Waals surface area contributed by atoms with Crippen LogP contribution < -0.4 is 10.2 Å². The number of morpholine rings is 1. The molecule has 1 fully saturated rings. The predicted octanol–water partition coefficient (Wildman–Crippen LogP) is 3.85. The van der Waals surface area contributed by atoms with Crippen molar-refractivity contribution in [1.82, 2.24) is 15.2 Å². The third-order valence-electron chi connectivity index (χ3n) is 4.98. The standard InChI is InChI=1S/C22H31N5OS.HI/c1-17-15-27(11-12-28-17)21-13-19(9-10-24-21)14-25-22(23-2)26(3)16-18-5-7-20(29-4)8-6-18;/h5-10,13,17H,11-12,14-16H2,1-4H3,(H,23,25);1H. The van der Waals surface area contributed by atoms with Gasteiger partial charge in [-0.25, -0.2) is 4.98 Å². The van der Waals surface area contributed by atoms with Gasteiger partial charge in [0, 0.05) is 51.4 Å². The van der Waals surface area contributed by atoms with Gasteiger partial charge in [0.2, 0.25) is 0 Å². The molecule has 1 aromatic heterocycles. The molecule has 1 aliphatic rings. The lowest BCUT2D eigenvalue weighted by molar-refractivity contribution is 0.0529. The number of hydrogen-bond donors (Lipinski definition) is 1. The van der Waals surface area contributed by atoms with Crippen molar-refractivity contribution < 1.29 is 4.74 Å². The number of ether oxygens (including phenoxy) is 1. The first kappa shape index (κ1) is 24.7. The van der Waals surface area contributed by atoms with E-state index in [9.17, 15) is 0 Å². The molecule has 1 atom stereocenters. The second-order valence-electron chi connectivity index (χ2n) is 7.25. The highest BCUT2D eigenvalue weighted by Crippen LogP contribution is 2.17. The fourth-order valence-corrected chi connectivity index (χ4v) is 3.82. The van der Waals surface area contributed by atoms with Crippen LogP contribution in [-0.2, 0) is 17.8 Å². The van der Waals surface area contributed by atoms with Crippen LogP contribution in [-0.4, -0.2) is 62.0 Å². The molecule has 8 heteroatoms. The smallest absolute Gasteiger partial charge is 0.193 e. The van der Waals surface area contributed by atoms with E-state index in [-0.39, 0.29) is 30.1 Å². The molecule has 0 spiro atoms. The number of halogens is 1. The average molecular weight is 542 g/mol. The lowest BCUT2D eigenvalue weighted by atomic mass is 10.2. The van der Waals surface area contributed by atoms with Crippen molar-refractivity contribution >= 4 is 47.5 Å². The van der Waals surface area contributed by atoms with Gasteiger partial charge < -0.3 is 19.9 Å². The highest BCUT2D eigenvalue weighted by atomic mass is 127. The molecule has 1 N–H and O–H groups in total. The van der Waals surface area contributed by atoms with Crippen LogP contribution in [0.15, 0.2) is 52.5 Å². The van der Waals surface area contributed by atoms with Gasteiger partial charge in [0.15, 0.2) is 5.96 Å². The largest absolute Gasteiger partial charge is 0.375 e. The molecule has 0 saturated carbocycles. The minimum absolute atomic E-state index is 0. The van der Waals surface area contributed by atoms with Crippen LogP contribution >= 0.6 is 35.7 Å². The molecule has 6 nitrogen and oxygen atoms in total.